The number of nitrogen functional groups attached to an aromatic ring is 1. The number of hydrogen-bond acceptors (Lipinski definition) is 8. The van der Waals surface area contributed by atoms with Crippen LogP contribution in [0.4, 0.5) is 16.6 Å². The Morgan fingerprint density at radius 3 is 3.00 bits per heavy atom. The summed E-state index contributed by atoms with van der Waals surface area (Å²) in [6.07, 6.45) is -0.992. The fraction of sp³-hybridized carbons (Fsp3) is 0.455. The summed E-state index contributed by atoms with van der Waals surface area (Å²) in [7, 11) is 0. The molecular formula is C11H14N6O3S. The molecular weight excluding hydrogens is 296 g/mol. The van der Waals surface area contributed by atoms with Gasteiger partial charge in [-0.1, -0.05) is 0 Å². The second kappa shape index (κ2) is 5.30. The number of rotatable bonds is 2. The minimum Gasteiger partial charge on any atom is -0.465 e. The predicted octanol–water partition coefficient (Wildman–Crippen LogP) is -0.171. The summed E-state index contributed by atoms with van der Waals surface area (Å²) in [5.41, 5.74) is 7.99. The van der Waals surface area contributed by atoms with Crippen LogP contribution in [0.3, 0.4) is 0 Å². The first-order chi connectivity index (χ1) is 10.1. The van der Waals surface area contributed by atoms with Crippen LogP contribution < -0.4 is 10.6 Å². The van der Waals surface area contributed by atoms with Crippen LogP contribution in [0.15, 0.2) is 5.51 Å². The van der Waals surface area contributed by atoms with E-state index in [4.69, 9.17) is 10.8 Å². The van der Waals surface area contributed by atoms with Gasteiger partial charge in [0.25, 0.3) is 0 Å². The summed E-state index contributed by atoms with van der Waals surface area (Å²) in [6, 6.07) is -0.381. The van der Waals surface area contributed by atoms with Crippen LogP contribution in [-0.2, 0) is 0 Å². The molecule has 0 saturated carbocycles. The van der Waals surface area contributed by atoms with Gasteiger partial charge in [0.15, 0.2) is 10.6 Å². The van der Waals surface area contributed by atoms with E-state index < -0.39 is 6.09 Å². The number of anilines is 2. The highest BCUT2D eigenvalue weighted by atomic mass is 32.1. The minimum absolute atomic E-state index is 0.138. The number of piperazine rings is 1. The van der Waals surface area contributed by atoms with Gasteiger partial charge in [-0.2, -0.15) is 4.98 Å². The van der Waals surface area contributed by atoms with Crippen molar-refractivity contribution in [3.8, 4) is 0 Å². The molecule has 1 saturated heterocycles. The molecule has 10 heteroatoms. The lowest BCUT2D eigenvalue weighted by molar-refractivity contribution is 0.124. The Bertz CT molecular complexity index is 677. The smallest absolute Gasteiger partial charge is 0.407 e. The maximum atomic E-state index is 11.1. The van der Waals surface area contributed by atoms with Crippen LogP contribution >= 0.6 is 11.3 Å². The molecule has 0 aliphatic carbocycles. The van der Waals surface area contributed by atoms with E-state index in [2.05, 4.69) is 15.0 Å². The summed E-state index contributed by atoms with van der Waals surface area (Å²) >= 11 is 1.36. The summed E-state index contributed by atoms with van der Waals surface area (Å²) < 4.78 is 0. The number of aromatic nitrogens is 3. The van der Waals surface area contributed by atoms with Crippen molar-refractivity contribution in [3.63, 3.8) is 0 Å². The largest absolute Gasteiger partial charge is 0.465 e. The van der Waals surface area contributed by atoms with Crippen molar-refractivity contribution in [2.24, 2.45) is 0 Å². The molecule has 112 valence electrons. The molecule has 2 aromatic heterocycles. The van der Waals surface area contributed by atoms with Gasteiger partial charge in [0, 0.05) is 19.6 Å². The van der Waals surface area contributed by atoms with Gasteiger partial charge in [0.1, 0.15) is 5.52 Å². The van der Waals surface area contributed by atoms with Gasteiger partial charge in [0.05, 0.1) is 18.2 Å². The van der Waals surface area contributed by atoms with Crippen molar-refractivity contribution in [3.05, 3.63) is 5.51 Å². The monoisotopic (exact) mass is 310 g/mol. The molecule has 4 N–H and O–H groups in total. The SMILES string of the molecule is Nc1nc(N2CCN(C(=O)O)C[C@H]2CO)c2ncsc2n1. The molecule has 1 atom stereocenters. The van der Waals surface area contributed by atoms with Crippen molar-refractivity contribution < 1.29 is 15.0 Å². The second-order valence-electron chi connectivity index (χ2n) is 4.67. The number of amides is 1. The van der Waals surface area contributed by atoms with Crippen LogP contribution in [0.25, 0.3) is 10.3 Å². The number of aliphatic hydroxyl groups excluding tert-OH is 1. The zero-order chi connectivity index (χ0) is 15.0. The molecule has 0 radical (unpaired) electrons. The third-order valence-electron chi connectivity index (χ3n) is 3.43. The van der Waals surface area contributed by atoms with Crippen molar-refractivity contribution in [1.82, 2.24) is 19.9 Å². The molecule has 0 unspecified atom stereocenters. The first-order valence-electron chi connectivity index (χ1n) is 6.32. The quantitative estimate of drug-likeness (QED) is 0.697. The third-order valence-corrected chi connectivity index (χ3v) is 4.15. The Morgan fingerprint density at radius 1 is 1.48 bits per heavy atom. The number of aliphatic hydroxyl groups is 1. The zero-order valence-electron chi connectivity index (χ0n) is 11.0. The molecule has 0 bridgehead atoms. The number of carbonyl (C=O) groups is 1. The van der Waals surface area contributed by atoms with Gasteiger partial charge in [-0.3, -0.25) is 0 Å². The van der Waals surface area contributed by atoms with Crippen LogP contribution in [0.1, 0.15) is 0 Å². The summed E-state index contributed by atoms with van der Waals surface area (Å²) in [5, 5.41) is 18.6. The van der Waals surface area contributed by atoms with E-state index in [-0.39, 0.29) is 25.1 Å². The zero-order valence-corrected chi connectivity index (χ0v) is 11.8. The molecule has 3 rings (SSSR count). The van der Waals surface area contributed by atoms with Crippen molar-refractivity contribution in [1.29, 1.82) is 0 Å². The molecule has 1 amide bonds. The van der Waals surface area contributed by atoms with Crippen LogP contribution in [-0.4, -0.2) is 68.4 Å². The van der Waals surface area contributed by atoms with E-state index in [9.17, 15) is 9.90 Å². The Hall–Kier alpha value is -2.20. The number of hydrogen-bond donors (Lipinski definition) is 3. The van der Waals surface area contributed by atoms with E-state index in [1.54, 1.807) is 5.51 Å². The minimum atomic E-state index is -0.992. The molecule has 2 aromatic rings. The van der Waals surface area contributed by atoms with Crippen molar-refractivity contribution >= 4 is 39.5 Å². The molecule has 1 aliphatic rings. The number of nitrogens with two attached hydrogens (primary N) is 1. The normalized spacial score (nSPS) is 19.2. The van der Waals surface area contributed by atoms with Gasteiger partial charge in [-0.25, -0.2) is 14.8 Å². The lowest BCUT2D eigenvalue weighted by Crippen LogP contribution is -2.56. The maximum Gasteiger partial charge on any atom is 0.407 e. The highest BCUT2D eigenvalue weighted by Gasteiger charge is 2.31. The Labute approximate surface area is 123 Å². The van der Waals surface area contributed by atoms with Gasteiger partial charge in [0.2, 0.25) is 5.95 Å². The highest BCUT2D eigenvalue weighted by Crippen LogP contribution is 2.28. The molecule has 0 aromatic carbocycles. The van der Waals surface area contributed by atoms with Gasteiger partial charge >= 0.3 is 6.09 Å². The maximum absolute atomic E-state index is 11.1. The predicted molar refractivity (Wildman–Crippen MR) is 77.4 cm³/mol. The molecule has 0 spiro atoms. The highest BCUT2D eigenvalue weighted by molar-refractivity contribution is 7.16. The second-order valence-corrected chi connectivity index (χ2v) is 5.50. The first kappa shape index (κ1) is 13.8. The summed E-state index contributed by atoms with van der Waals surface area (Å²) in [6.45, 7) is 0.780. The van der Waals surface area contributed by atoms with Crippen LogP contribution in [0.2, 0.25) is 0 Å². The van der Waals surface area contributed by atoms with Gasteiger partial charge < -0.3 is 25.7 Å². The lowest BCUT2D eigenvalue weighted by Gasteiger charge is -2.40. The molecule has 1 aliphatic heterocycles. The Kier molecular flexibility index (Phi) is 3.47. The Morgan fingerprint density at radius 2 is 2.29 bits per heavy atom. The number of carboxylic acid groups (broad SMARTS) is 1. The van der Waals surface area contributed by atoms with Crippen LogP contribution in [0, 0.1) is 0 Å². The molecule has 3 heterocycles. The van der Waals surface area contributed by atoms with E-state index >= 15 is 0 Å². The van der Waals surface area contributed by atoms with Crippen LogP contribution in [0.5, 0.6) is 0 Å². The van der Waals surface area contributed by atoms with Gasteiger partial charge in [-0.15, -0.1) is 11.3 Å². The standard InChI is InChI=1S/C11H14N6O3S/c12-10-14-8(7-9(15-10)21-5-13-7)17-2-1-16(11(19)20)3-6(17)4-18/h5-6,18H,1-4H2,(H,19,20)(H2,12,14,15)/t6-/m0/s1. The third kappa shape index (κ3) is 2.43. The molecule has 1 fully saturated rings. The lowest BCUT2D eigenvalue weighted by atomic mass is 10.2. The number of thiazole rings is 1. The topological polar surface area (TPSA) is 129 Å². The van der Waals surface area contributed by atoms with E-state index in [0.717, 1.165) is 0 Å². The van der Waals surface area contributed by atoms with E-state index in [0.29, 0.717) is 29.3 Å². The fourth-order valence-corrected chi connectivity index (χ4v) is 3.09. The number of fused-ring (bicyclic) bond motifs is 1. The van der Waals surface area contributed by atoms with Crippen molar-refractivity contribution in [2.45, 2.75) is 6.04 Å². The first-order valence-corrected chi connectivity index (χ1v) is 7.20. The van der Waals surface area contributed by atoms with E-state index in [1.807, 2.05) is 4.90 Å². The van der Waals surface area contributed by atoms with Crippen molar-refractivity contribution in [2.75, 3.05) is 36.9 Å². The fourth-order valence-electron chi connectivity index (χ4n) is 2.43. The van der Waals surface area contributed by atoms with E-state index in [1.165, 1.54) is 16.2 Å². The Balaban J connectivity index is 1.98. The average Bonchev–Trinajstić information content (AvgIpc) is 2.93. The number of nitrogens with zero attached hydrogens (tertiary/aromatic N) is 5. The van der Waals surface area contributed by atoms with Gasteiger partial charge in [-0.05, 0) is 0 Å². The average molecular weight is 310 g/mol. The molecule has 21 heavy (non-hydrogen) atoms. The summed E-state index contributed by atoms with van der Waals surface area (Å²) in [4.78, 5) is 27.4. The molecule has 9 nitrogen and oxygen atoms in total. The summed E-state index contributed by atoms with van der Waals surface area (Å²) in [5.74, 6) is 0.682.